The minimum absolute atomic E-state index is 0.00250. The summed E-state index contributed by atoms with van der Waals surface area (Å²) in [5, 5.41) is 0.125. The van der Waals surface area contributed by atoms with Crippen LogP contribution < -0.4 is 10.5 Å². The summed E-state index contributed by atoms with van der Waals surface area (Å²) in [5.74, 6) is -0.574. The van der Waals surface area contributed by atoms with Gasteiger partial charge in [0.25, 0.3) is 10.0 Å². The molecule has 0 radical (unpaired) electrons. The zero-order valence-electron chi connectivity index (χ0n) is 11.0. The summed E-state index contributed by atoms with van der Waals surface area (Å²) in [6, 6.07) is 9.80. The fourth-order valence-electron chi connectivity index (χ4n) is 1.78. The van der Waals surface area contributed by atoms with Gasteiger partial charge >= 0.3 is 0 Å². The number of hydrogen-bond donors (Lipinski definition) is 2. The van der Waals surface area contributed by atoms with Crippen molar-refractivity contribution < 1.29 is 12.8 Å². The van der Waals surface area contributed by atoms with Gasteiger partial charge in [-0.15, -0.1) is 0 Å². The maximum atomic E-state index is 13.2. The number of nitrogens with one attached hydrogen (secondary N) is 1. The molecule has 2 aromatic rings. The average molecular weight is 329 g/mol. The SMILES string of the molecule is NCCc1ccc(S(=O)(=O)Nc2cc(F)ccc2Cl)cc1. The van der Waals surface area contributed by atoms with Crippen molar-refractivity contribution in [2.45, 2.75) is 11.3 Å². The highest BCUT2D eigenvalue weighted by Crippen LogP contribution is 2.25. The summed E-state index contributed by atoms with van der Waals surface area (Å²) in [7, 11) is -3.82. The van der Waals surface area contributed by atoms with Gasteiger partial charge in [0.1, 0.15) is 5.82 Å². The van der Waals surface area contributed by atoms with Gasteiger partial charge in [-0.25, -0.2) is 12.8 Å². The smallest absolute Gasteiger partial charge is 0.261 e. The van der Waals surface area contributed by atoms with Gasteiger partial charge in [0.15, 0.2) is 0 Å². The Morgan fingerprint density at radius 2 is 1.81 bits per heavy atom. The van der Waals surface area contributed by atoms with E-state index in [2.05, 4.69) is 4.72 Å². The first-order valence-electron chi connectivity index (χ1n) is 6.19. The summed E-state index contributed by atoms with van der Waals surface area (Å²) in [6.45, 7) is 0.489. The molecule has 2 aromatic carbocycles. The van der Waals surface area contributed by atoms with Crippen molar-refractivity contribution in [3.05, 3.63) is 58.9 Å². The zero-order valence-corrected chi connectivity index (χ0v) is 12.6. The van der Waals surface area contributed by atoms with E-state index in [4.69, 9.17) is 17.3 Å². The third kappa shape index (κ3) is 3.93. The number of nitrogens with two attached hydrogens (primary N) is 1. The lowest BCUT2D eigenvalue weighted by atomic mass is 10.2. The highest BCUT2D eigenvalue weighted by Gasteiger charge is 2.16. The van der Waals surface area contributed by atoms with Gasteiger partial charge in [-0.2, -0.15) is 0 Å². The lowest BCUT2D eigenvalue weighted by molar-refractivity contribution is 0.601. The lowest BCUT2D eigenvalue weighted by Crippen LogP contribution is -2.13. The molecule has 0 bridgehead atoms. The lowest BCUT2D eigenvalue weighted by Gasteiger charge is -2.10. The van der Waals surface area contributed by atoms with Crippen LogP contribution in [0.5, 0.6) is 0 Å². The van der Waals surface area contributed by atoms with E-state index in [1.165, 1.54) is 18.2 Å². The van der Waals surface area contributed by atoms with Crippen LogP contribution in [-0.2, 0) is 16.4 Å². The van der Waals surface area contributed by atoms with E-state index in [1.54, 1.807) is 12.1 Å². The first kappa shape index (κ1) is 15.8. The van der Waals surface area contributed by atoms with Gasteiger partial charge in [0, 0.05) is 0 Å². The summed E-state index contributed by atoms with van der Waals surface area (Å²) in [6.07, 6.45) is 0.670. The molecule has 0 aromatic heterocycles. The average Bonchev–Trinajstić information content (AvgIpc) is 2.44. The Morgan fingerprint density at radius 3 is 2.43 bits per heavy atom. The van der Waals surface area contributed by atoms with Crippen LogP contribution >= 0.6 is 11.6 Å². The topological polar surface area (TPSA) is 72.2 Å². The van der Waals surface area contributed by atoms with Gasteiger partial charge in [-0.1, -0.05) is 23.7 Å². The molecule has 21 heavy (non-hydrogen) atoms. The van der Waals surface area contributed by atoms with Crippen LogP contribution in [0.2, 0.25) is 5.02 Å². The molecule has 7 heteroatoms. The molecule has 0 amide bonds. The van der Waals surface area contributed by atoms with Crippen molar-refractivity contribution in [1.29, 1.82) is 0 Å². The van der Waals surface area contributed by atoms with Crippen molar-refractivity contribution in [2.75, 3.05) is 11.3 Å². The van der Waals surface area contributed by atoms with Crippen molar-refractivity contribution in [3.63, 3.8) is 0 Å². The summed E-state index contributed by atoms with van der Waals surface area (Å²) in [4.78, 5) is 0.0728. The molecule has 112 valence electrons. The maximum absolute atomic E-state index is 13.2. The van der Waals surface area contributed by atoms with Crippen molar-refractivity contribution in [2.24, 2.45) is 5.73 Å². The Bertz CT molecular complexity index is 733. The molecule has 0 fully saturated rings. The maximum Gasteiger partial charge on any atom is 0.261 e. The standard InChI is InChI=1S/C14H14ClFN2O2S/c15-13-6-3-11(16)9-14(13)18-21(19,20)12-4-1-10(2-5-12)7-8-17/h1-6,9,18H,7-8,17H2. The van der Waals surface area contributed by atoms with E-state index < -0.39 is 15.8 Å². The molecule has 3 N–H and O–H groups in total. The number of halogens is 2. The fourth-order valence-corrected chi connectivity index (χ4v) is 3.07. The van der Waals surface area contributed by atoms with Gasteiger partial charge < -0.3 is 5.73 Å². The van der Waals surface area contributed by atoms with Crippen molar-refractivity contribution >= 4 is 27.3 Å². The first-order valence-corrected chi connectivity index (χ1v) is 8.05. The Balaban J connectivity index is 2.27. The Morgan fingerprint density at radius 1 is 1.14 bits per heavy atom. The molecule has 0 aliphatic heterocycles. The molecule has 0 spiro atoms. The Hall–Kier alpha value is -1.63. The quantitative estimate of drug-likeness (QED) is 0.886. The zero-order chi connectivity index (χ0) is 15.5. The molecule has 0 heterocycles. The Labute approximate surface area is 127 Å². The number of hydrogen-bond acceptors (Lipinski definition) is 3. The second-order valence-electron chi connectivity index (χ2n) is 4.41. The van der Waals surface area contributed by atoms with Gasteiger partial charge in [0.05, 0.1) is 15.6 Å². The Kier molecular flexibility index (Phi) is 4.82. The van der Waals surface area contributed by atoms with E-state index in [-0.39, 0.29) is 15.6 Å². The van der Waals surface area contributed by atoms with Crippen LogP contribution in [0.25, 0.3) is 0 Å². The van der Waals surface area contributed by atoms with E-state index >= 15 is 0 Å². The van der Waals surface area contributed by atoms with Crippen molar-refractivity contribution in [3.8, 4) is 0 Å². The number of anilines is 1. The second-order valence-corrected chi connectivity index (χ2v) is 6.50. The number of sulfonamides is 1. The molecule has 0 atom stereocenters. The predicted octanol–water partition coefficient (Wildman–Crippen LogP) is 2.78. The van der Waals surface area contributed by atoms with Crippen molar-refractivity contribution in [1.82, 2.24) is 0 Å². The van der Waals surface area contributed by atoms with Crippen LogP contribution in [0.4, 0.5) is 10.1 Å². The molecule has 2 rings (SSSR count). The predicted molar refractivity (Wildman–Crippen MR) is 81.4 cm³/mol. The van der Waals surface area contributed by atoms with Gasteiger partial charge in [-0.05, 0) is 48.9 Å². The van der Waals surface area contributed by atoms with E-state index in [0.717, 1.165) is 17.7 Å². The molecule has 0 aliphatic carbocycles. The number of benzene rings is 2. The number of rotatable bonds is 5. The van der Waals surface area contributed by atoms with E-state index in [9.17, 15) is 12.8 Å². The summed E-state index contributed by atoms with van der Waals surface area (Å²) >= 11 is 5.85. The van der Waals surface area contributed by atoms with E-state index in [0.29, 0.717) is 13.0 Å². The first-order chi connectivity index (χ1) is 9.92. The van der Waals surface area contributed by atoms with Gasteiger partial charge in [0.2, 0.25) is 0 Å². The summed E-state index contributed by atoms with van der Waals surface area (Å²) < 4.78 is 39.9. The molecule has 0 aliphatic rings. The highest BCUT2D eigenvalue weighted by atomic mass is 35.5. The molecule has 0 unspecified atom stereocenters. The third-order valence-electron chi connectivity index (χ3n) is 2.84. The van der Waals surface area contributed by atoms with Crippen LogP contribution in [-0.4, -0.2) is 15.0 Å². The highest BCUT2D eigenvalue weighted by molar-refractivity contribution is 7.92. The minimum Gasteiger partial charge on any atom is -0.330 e. The molecule has 0 saturated heterocycles. The van der Waals surface area contributed by atoms with Crippen LogP contribution in [0, 0.1) is 5.82 Å². The molecule has 4 nitrogen and oxygen atoms in total. The van der Waals surface area contributed by atoms with Crippen LogP contribution in [0.3, 0.4) is 0 Å². The molecular formula is C14H14ClFN2O2S. The molecular weight excluding hydrogens is 315 g/mol. The second kappa shape index (κ2) is 6.43. The van der Waals surface area contributed by atoms with Gasteiger partial charge in [-0.3, -0.25) is 4.72 Å². The minimum atomic E-state index is -3.82. The van der Waals surface area contributed by atoms with E-state index in [1.807, 2.05) is 0 Å². The van der Waals surface area contributed by atoms with Crippen LogP contribution in [0.15, 0.2) is 47.4 Å². The van der Waals surface area contributed by atoms with Crippen LogP contribution in [0.1, 0.15) is 5.56 Å². The largest absolute Gasteiger partial charge is 0.330 e. The third-order valence-corrected chi connectivity index (χ3v) is 4.55. The monoisotopic (exact) mass is 328 g/mol. The normalized spacial score (nSPS) is 11.4. The summed E-state index contributed by atoms with van der Waals surface area (Å²) in [5.41, 5.74) is 6.38. The fraction of sp³-hybridized carbons (Fsp3) is 0.143. The molecule has 0 saturated carbocycles.